The number of carbonyl (C=O) groups excluding carboxylic acids is 1. The van der Waals surface area contributed by atoms with Crippen LogP contribution in [-0.2, 0) is 18.4 Å². The van der Waals surface area contributed by atoms with Gasteiger partial charge in [0.25, 0.3) is 11.5 Å². The fraction of sp³-hybridized carbons (Fsp3) is 0.227. The molecule has 5 rings (SSSR count). The van der Waals surface area contributed by atoms with Crippen molar-refractivity contribution >= 4 is 39.2 Å². The first-order valence-corrected chi connectivity index (χ1v) is 10.1. The molecule has 2 aromatic carbocycles. The molecular weight excluding hydrogens is 442 g/mol. The highest BCUT2D eigenvalue weighted by Gasteiger charge is 2.31. The largest absolute Gasteiger partial charge is 0.373 e. The van der Waals surface area contributed by atoms with Crippen molar-refractivity contribution < 1.29 is 18.3 Å². The summed E-state index contributed by atoms with van der Waals surface area (Å²) in [5.74, 6) is -2.51. The Morgan fingerprint density at radius 2 is 1.94 bits per heavy atom. The van der Waals surface area contributed by atoms with E-state index in [0.717, 1.165) is 17.6 Å². The second-order valence-corrected chi connectivity index (χ2v) is 8.11. The van der Waals surface area contributed by atoms with Crippen molar-refractivity contribution in [3.63, 3.8) is 0 Å². The van der Waals surface area contributed by atoms with Gasteiger partial charge in [0.2, 0.25) is 0 Å². The number of carbonyl (C=O) groups is 1. The number of likely N-dealkylation sites (N-methyl/N-ethyl adjacent to an activating group) is 1. The van der Waals surface area contributed by atoms with E-state index in [1.807, 2.05) is 0 Å². The Hall–Kier alpha value is -3.30. The summed E-state index contributed by atoms with van der Waals surface area (Å²) in [6.45, 7) is 0.223. The Labute approximate surface area is 185 Å². The minimum Gasteiger partial charge on any atom is -0.373 e. The molecule has 1 amide bonds. The van der Waals surface area contributed by atoms with Crippen molar-refractivity contribution in [2.45, 2.75) is 12.6 Å². The monoisotopic (exact) mass is 458 g/mol. The lowest BCUT2D eigenvalue weighted by atomic mass is 9.95. The summed E-state index contributed by atoms with van der Waals surface area (Å²) in [6, 6.07) is 6.33. The highest BCUT2D eigenvalue weighted by molar-refractivity contribution is 6.34. The molecule has 1 aliphatic heterocycles. The van der Waals surface area contributed by atoms with E-state index < -0.39 is 23.2 Å². The second-order valence-electron chi connectivity index (χ2n) is 7.75. The molecule has 0 unspecified atom stereocenters. The Kier molecular flexibility index (Phi) is 4.75. The zero-order chi connectivity index (χ0) is 22.7. The minimum absolute atomic E-state index is 0.0129. The van der Waals surface area contributed by atoms with Gasteiger partial charge in [-0.3, -0.25) is 14.3 Å². The van der Waals surface area contributed by atoms with Gasteiger partial charge < -0.3 is 14.6 Å². The van der Waals surface area contributed by atoms with Gasteiger partial charge >= 0.3 is 0 Å². The molecule has 10 heteroatoms. The number of amides is 1. The second kappa shape index (κ2) is 7.39. The number of nitrogens with one attached hydrogen (secondary N) is 1. The van der Waals surface area contributed by atoms with Crippen LogP contribution < -0.4 is 5.56 Å². The van der Waals surface area contributed by atoms with Crippen LogP contribution in [0.2, 0.25) is 5.15 Å². The molecule has 2 aromatic heterocycles. The van der Waals surface area contributed by atoms with Gasteiger partial charge in [-0.15, -0.1) is 0 Å². The van der Waals surface area contributed by atoms with Crippen molar-refractivity contribution in [2.75, 3.05) is 13.7 Å². The lowest BCUT2D eigenvalue weighted by molar-refractivity contribution is 0.0336. The number of ether oxygens (including phenoxy) is 1. The van der Waals surface area contributed by atoms with Crippen molar-refractivity contribution in [1.29, 1.82) is 0 Å². The van der Waals surface area contributed by atoms with Gasteiger partial charge in [-0.05, 0) is 35.7 Å². The molecule has 32 heavy (non-hydrogen) atoms. The molecule has 7 nitrogen and oxygen atoms in total. The number of benzene rings is 2. The predicted molar refractivity (Wildman–Crippen MR) is 115 cm³/mol. The number of halogens is 3. The van der Waals surface area contributed by atoms with Crippen LogP contribution in [-0.4, -0.2) is 39.2 Å². The van der Waals surface area contributed by atoms with Gasteiger partial charge in [-0.1, -0.05) is 11.6 Å². The number of hydrogen-bond donors (Lipinski definition) is 1. The van der Waals surface area contributed by atoms with E-state index in [4.69, 9.17) is 16.3 Å². The maximum atomic E-state index is 14.1. The van der Waals surface area contributed by atoms with Crippen molar-refractivity contribution in [1.82, 2.24) is 19.7 Å². The molecule has 1 aliphatic rings. The summed E-state index contributed by atoms with van der Waals surface area (Å²) in [7, 11) is 3.35. The van der Waals surface area contributed by atoms with Crippen LogP contribution in [0, 0.1) is 11.6 Å². The number of nitrogens with zero attached hydrogens (tertiary/aromatic N) is 3. The lowest BCUT2D eigenvalue weighted by Gasteiger charge is -2.34. The van der Waals surface area contributed by atoms with Crippen LogP contribution in [0.3, 0.4) is 0 Å². The molecule has 1 atom stereocenters. The van der Waals surface area contributed by atoms with Gasteiger partial charge in [-0.25, -0.2) is 8.78 Å². The zero-order valence-corrected chi connectivity index (χ0v) is 17.8. The van der Waals surface area contributed by atoms with E-state index >= 15 is 0 Å². The highest BCUT2D eigenvalue weighted by Crippen LogP contribution is 2.34. The first kappa shape index (κ1) is 20.6. The normalized spacial score (nSPS) is 15.8. The fourth-order valence-electron chi connectivity index (χ4n) is 4.25. The van der Waals surface area contributed by atoms with Gasteiger partial charge in [0.15, 0.2) is 16.8 Å². The number of aromatic nitrogens is 3. The van der Waals surface area contributed by atoms with Gasteiger partial charge in [0.05, 0.1) is 30.2 Å². The first-order valence-electron chi connectivity index (χ1n) is 9.77. The molecule has 3 heterocycles. The van der Waals surface area contributed by atoms with Crippen LogP contribution in [0.1, 0.15) is 27.7 Å². The van der Waals surface area contributed by atoms with Gasteiger partial charge in [-0.2, -0.15) is 5.10 Å². The molecule has 0 spiro atoms. The van der Waals surface area contributed by atoms with Crippen LogP contribution in [0.25, 0.3) is 21.7 Å². The Morgan fingerprint density at radius 3 is 2.69 bits per heavy atom. The first-order chi connectivity index (χ1) is 15.3. The third-order valence-electron chi connectivity index (χ3n) is 5.88. The summed E-state index contributed by atoms with van der Waals surface area (Å²) >= 11 is 6.18. The smallest absolute Gasteiger partial charge is 0.256 e. The molecule has 0 aliphatic carbocycles. The third-order valence-corrected chi connectivity index (χ3v) is 6.16. The quantitative estimate of drug-likeness (QED) is 0.497. The number of H-pyrrole nitrogens is 1. The van der Waals surface area contributed by atoms with E-state index in [9.17, 15) is 18.4 Å². The van der Waals surface area contributed by atoms with Crippen LogP contribution in [0.15, 0.2) is 35.1 Å². The Balaban J connectivity index is 1.61. The number of fused-ring (bicyclic) bond motifs is 4. The third kappa shape index (κ3) is 3.08. The van der Waals surface area contributed by atoms with Crippen molar-refractivity contribution in [3.05, 3.63) is 74.3 Å². The number of hydrogen-bond acceptors (Lipinski definition) is 4. The molecule has 0 radical (unpaired) electrons. The molecular formula is C22H17ClF2N4O3. The average molecular weight is 459 g/mol. The molecule has 4 aromatic rings. The summed E-state index contributed by atoms with van der Waals surface area (Å²) in [6.07, 6.45) is 0. The standard InChI is InChI=1S/C22H17ClF2N4O3/c1-28(22(31)10-3-4-17-13(5-10)20(23)27-29(17)2)18-9-32-8-16-19(18)11-6-14(24)15(25)7-12(11)21(30)26-16/h3-7,18H,8-9H2,1-2H3,(H,26,30)/t18-/m1/s1. The topological polar surface area (TPSA) is 80.2 Å². The molecule has 1 N–H and O–H groups in total. The van der Waals surface area contributed by atoms with E-state index in [0.29, 0.717) is 22.2 Å². The van der Waals surface area contributed by atoms with E-state index in [2.05, 4.69) is 10.1 Å². The zero-order valence-electron chi connectivity index (χ0n) is 17.1. The summed E-state index contributed by atoms with van der Waals surface area (Å²) in [4.78, 5) is 29.9. The van der Waals surface area contributed by atoms with Gasteiger partial charge in [0, 0.05) is 36.3 Å². The highest BCUT2D eigenvalue weighted by atomic mass is 35.5. The molecule has 0 saturated carbocycles. The summed E-state index contributed by atoms with van der Waals surface area (Å²) < 4.78 is 35.1. The van der Waals surface area contributed by atoms with E-state index in [1.54, 1.807) is 37.0 Å². The van der Waals surface area contributed by atoms with E-state index in [1.165, 1.54) is 4.90 Å². The maximum absolute atomic E-state index is 14.1. The van der Waals surface area contributed by atoms with Crippen LogP contribution in [0.4, 0.5) is 8.78 Å². The summed E-state index contributed by atoms with van der Waals surface area (Å²) in [5.41, 5.74) is 1.57. The van der Waals surface area contributed by atoms with E-state index in [-0.39, 0.29) is 35.0 Å². The number of aromatic amines is 1. The molecule has 164 valence electrons. The number of pyridine rings is 1. The Bertz CT molecular complexity index is 1480. The van der Waals surface area contributed by atoms with Crippen LogP contribution >= 0.6 is 11.6 Å². The van der Waals surface area contributed by atoms with Crippen molar-refractivity contribution in [3.8, 4) is 0 Å². The average Bonchev–Trinajstić information content (AvgIpc) is 3.06. The minimum atomic E-state index is -1.11. The summed E-state index contributed by atoms with van der Waals surface area (Å²) in [5, 5.41) is 5.34. The lowest BCUT2D eigenvalue weighted by Crippen LogP contribution is -2.37. The molecule has 0 saturated heterocycles. The SMILES string of the molecule is CN(C(=O)c1ccc2c(c1)c(Cl)nn2C)[C@@H]1COCc2[nH]c(=O)c3cc(F)c(F)cc3c21. The Morgan fingerprint density at radius 1 is 1.22 bits per heavy atom. The predicted octanol–water partition coefficient (Wildman–Crippen LogP) is 3.69. The van der Waals surface area contributed by atoms with Crippen molar-refractivity contribution in [2.24, 2.45) is 7.05 Å². The van der Waals surface area contributed by atoms with Crippen LogP contribution in [0.5, 0.6) is 0 Å². The van der Waals surface area contributed by atoms with Gasteiger partial charge in [0.1, 0.15) is 0 Å². The molecule has 0 bridgehead atoms. The number of aryl methyl sites for hydroxylation is 1. The maximum Gasteiger partial charge on any atom is 0.256 e. The number of rotatable bonds is 2. The fourth-order valence-corrected chi connectivity index (χ4v) is 4.51. The molecule has 0 fully saturated rings.